The first-order chi connectivity index (χ1) is 16.3. The number of phenolic OH excluding ortho intramolecular Hbond substituents is 1. The molecular weight excluding hydrogens is 498 g/mol. The molecule has 186 valence electrons. The van der Waals surface area contributed by atoms with Gasteiger partial charge in [0.05, 0.1) is 22.7 Å². The minimum Gasteiger partial charge on any atom is -0.508 e. The molecule has 12 heteroatoms. The Kier molecular flexibility index (Phi) is 5.99. The van der Waals surface area contributed by atoms with Gasteiger partial charge in [-0.15, -0.1) is 0 Å². The molecule has 10 nitrogen and oxygen atoms in total. The highest BCUT2D eigenvalue weighted by atomic mass is 32.2. The number of ketones is 2. The number of Topliss-reactive ketones (excluding diaryl/α,β-unsaturated/α-hetero) is 2. The Labute approximate surface area is 209 Å². The van der Waals surface area contributed by atoms with Crippen molar-refractivity contribution in [3.05, 3.63) is 40.2 Å². The molecule has 0 radical (unpaired) electrons. The van der Waals surface area contributed by atoms with Gasteiger partial charge >= 0.3 is 0 Å². The summed E-state index contributed by atoms with van der Waals surface area (Å²) >= 11 is 5.98. The smallest absolute Gasteiger partial charge is 0.255 e. The number of hydrogen-bond donors (Lipinski definition) is 6. The summed E-state index contributed by atoms with van der Waals surface area (Å²) in [7, 11) is 0. The standard InChI is InChI=1S/C23H23NO9S2/c1-3-33-21(34)35-12-5-4-9-13(16(12)26)17(27)14-10(22(9,2)31)6-8-7-11(25)15(20(24)30)19(29)23(8,32)18(14)28/h4-5,8,10,26-27,29,31-32H,3,6-7H2,1-2H3,(H2,24,30)/t8-,10-,22?,23-/m0/s1. The van der Waals surface area contributed by atoms with Crippen molar-refractivity contribution in [1.29, 1.82) is 0 Å². The molecule has 0 spiro atoms. The van der Waals surface area contributed by atoms with Crippen LogP contribution in [0.1, 0.15) is 37.8 Å². The number of nitrogens with two attached hydrogens (primary N) is 1. The third-order valence-electron chi connectivity index (χ3n) is 6.92. The van der Waals surface area contributed by atoms with Gasteiger partial charge in [-0.25, -0.2) is 0 Å². The van der Waals surface area contributed by atoms with Gasteiger partial charge in [-0.3, -0.25) is 14.4 Å². The van der Waals surface area contributed by atoms with Crippen molar-refractivity contribution >= 4 is 51.6 Å². The molecule has 3 aliphatic rings. The van der Waals surface area contributed by atoms with E-state index in [4.69, 9.17) is 22.7 Å². The Morgan fingerprint density at radius 3 is 2.51 bits per heavy atom. The first-order valence-corrected chi connectivity index (χ1v) is 11.9. The lowest BCUT2D eigenvalue weighted by atomic mass is 9.56. The molecular formula is C23H23NO9S2. The molecule has 0 saturated heterocycles. The summed E-state index contributed by atoms with van der Waals surface area (Å²) in [6, 6.07) is 2.95. The predicted octanol–water partition coefficient (Wildman–Crippen LogP) is 1.50. The van der Waals surface area contributed by atoms with Crippen LogP contribution in [0, 0.1) is 11.8 Å². The number of phenols is 1. The average Bonchev–Trinajstić information content (AvgIpc) is 2.75. The number of thiocarbonyl (C=S) groups is 1. The number of aliphatic hydroxyl groups excluding tert-OH is 2. The molecule has 0 bridgehead atoms. The van der Waals surface area contributed by atoms with Crippen LogP contribution in [0.2, 0.25) is 0 Å². The van der Waals surface area contributed by atoms with Gasteiger partial charge in [-0.1, -0.05) is 6.07 Å². The molecule has 0 aliphatic heterocycles. The molecule has 1 saturated carbocycles. The lowest BCUT2D eigenvalue weighted by molar-refractivity contribution is -0.152. The highest BCUT2D eigenvalue weighted by Gasteiger charge is 2.63. The second kappa shape index (κ2) is 8.33. The third kappa shape index (κ3) is 3.46. The van der Waals surface area contributed by atoms with Crippen LogP contribution in [0.4, 0.5) is 0 Å². The number of ether oxygens (including phenoxy) is 1. The summed E-state index contributed by atoms with van der Waals surface area (Å²) in [5.74, 6) is -7.99. The van der Waals surface area contributed by atoms with E-state index in [0.29, 0.717) is 6.61 Å². The van der Waals surface area contributed by atoms with Crippen molar-refractivity contribution in [3.63, 3.8) is 0 Å². The van der Waals surface area contributed by atoms with Crippen LogP contribution in [-0.4, -0.2) is 59.6 Å². The van der Waals surface area contributed by atoms with Gasteiger partial charge in [0.25, 0.3) is 5.91 Å². The largest absolute Gasteiger partial charge is 0.508 e. The van der Waals surface area contributed by atoms with E-state index in [1.807, 2.05) is 0 Å². The minimum atomic E-state index is -2.72. The molecule has 4 rings (SSSR count). The number of amides is 1. The van der Waals surface area contributed by atoms with Crippen LogP contribution >= 0.6 is 24.0 Å². The van der Waals surface area contributed by atoms with E-state index in [9.17, 15) is 39.9 Å². The molecule has 1 aromatic carbocycles. The van der Waals surface area contributed by atoms with Gasteiger partial charge in [0, 0.05) is 23.8 Å². The van der Waals surface area contributed by atoms with E-state index in [0.717, 1.165) is 11.8 Å². The predicted molar refractivity (Wildman–Crippen MR) is 127 cm³/mol. The van der Waals surface area contributed by atoms with Crippen LogP contribution < -0.4 is 5.73 Å². The van der Waals surface area contributed by atoms with E-state index < -0.39 is 75.3 Å². The van der Waals surface area contributed by atoms with E-state index in [1.54, 1.807) is 6.92 Å². The highest BCUT2D eigenvalue weighted by molar-refractivity contribution is 8.22. The van der Waals surface area contributed by atoms with Gasteiger partial charge in [-0.2, -0.15) is 0 Å². The number of primary amides is 1. The second-order valence-corrected chi connectivity index (χ2v) is 10.5. The molecule has 35 heavy (non-hydrogen) atoms. The van der Waals surface area contributed by atoms with Crippen LogP contribution in [0.5, 0.6) is 5.75 Å². The molecule has 0 aromatic heterocycles. The topological polar surface area (TPSA) is 188 Å². The van der Waals surface area contributed by atoms with E-state index >= 15 is 0 Å². The number of carbonyl (C=O) groups excluding carboxylic acids is 3. The van der Waals surface area contributed by atoms with Crippen molar-refractivity contribution in [2.45, 2.75) is 42.8 Å². The third-order valence-corrected chi connectivity index (χ3v) is 8.12. The summed E-state index contributed by atoms with van der Waals surface area (Å²) in [6.45, 7) is 3.41. The fraction of sp³-hybridized carbons (Fsp3) is 0.391. The molecule has 7 N–H and O–H groups in total. The SMILES string of the molecule is CCOC(=S)Sc1ccc2c(c1O)C(O)=C1C(=O)[C@]3(O)C(O)=C(C(N)=O)C(=O)C[C@@H]3C[C@@H]1C2(C)O. The number of carbonyl (C=O) groups is 3. The summed E-state index contributed by atoms with van der Waals surface area (Å²) in [5.41, 5.74) is -0.817. The van der Waals surface area contributed by atoms with Crippen LogP contribution in [0.25, 0.3) is 5.76 Å². The zero-order chi connectivity index (χ0) is 26.0. The van der Waals surface area contributed by atoms with Crippen molar-refractivity contribution < 1.29 is 44.7 Å². The quantitative estimate of drug-likeness (QED) is 0.192. The van der Waals surface area contributed by atoms with Crippen molar-refractivity contribution in [2.75, 3.05) is 6.61 Å². The first kappa shape index (κ1) is 25.2. The number of thioether (sulfide) groups is 1. The maximum atomic E-state index is 13.6. The average molecular weight is 522 g/mol. The molecule has 1 fully saturated rings. The molecule has 4 atom stereocenters. The molecule has 1 unspecified atom stereocenters. The summed E-state index contributed by atoms with van der Waals surface area (Å²) < 4.78 is 5.31. The van der Waals surface area contributed by atoms with Crippen LogP contribution in [0.3, 0.4) is 0 Å². The number of benzene rings is 1. The van der Waals surface area contributed by atoms with Crippen LogP contribution in [-0.2, 0) is 24.7 Å². The summed E-state index contributed by atoms with van der Waals surface area (Å²) in [4.78, 5) is 38.0. The van der Waals surface area contributed by atoms with E-state index in [-0.39, 0.29) is 26.8 Å². The number of aliphatic hydroxyl groups is 4. The molecule has 1 amide bonds. The fourth-order valence-electron chi connectivity index (χ4n) is 5.21. The molecule has 0 heterocycles. The number of rotatable bonds is 3. The maximum Gasteiger partial charge on any atom is 0.255 e. The van der Waals surface area contributed by atoms with Crippen molar-refractivity contribution in [1.82, 2.24) is 0 Å². The maximum absolute atomic E-state index is 13.6. The molecule has 3 aliphatic carbocycles. The van der Waals surface area contributed by atoms with Gasteiger partial charge in [0.2, 0.25) is 10.2 Å². The van der Waals surface area contributed by atoms with Gasteiger partial charge in [0.1, 0.15) is 22.8 Å². The summed E-state index contributed by atoms with van der Waals surface area (Å²) in [6.07, 6.45) is -0.671. The minimum absolute atomic E-state index is 0.0992. The lowest BCUT2D eigenvalue weighted by Gasteiger charge is -2.50. The van der Waals surface area contributed by atoms with Crippen LogP contribution in [0.15, 0.2) is 33.9 Å². The second-order valence-electron chi connectivity index (χ2n) is 8.83. The molecule has 1 aromatic rings. The van der Waals surface area contributed by atoms with E-state index in [2.05, 4.69) is 0 Å². The normalized spacial score (nSPS) is 29.9. The fourth-order valence-corrected chi connectivity index (χ4v) is 6.29. The monoisotopic (exact) mass is 521 g/mol. The van der Waals surface area contributed by atoms with Gasteiger partial charge < -0.3 is 36.0 Å². The van der Waals surface area contributed by atoms with Crippen molar-refractivity contribution in [3.8, 4) is 5.75 Å². The number of fused-ring (bicyclic) bond motifs is 3. The zero-order valence-electron chi connectivity index (χ0n) is 18.7. The Hall–Kier alpha value is -2.93. The van der Waals surface area contributed by atoms with Gasteiger partial charge in [0.15, 0.2) is 11.4 Å². The Morgan fingerprint density at radius 2 is 1.91 bits per heavy atom. The lowest BCUT2D eigenvalue weighted by Crippen LogP contribution is -2.60. The zero-order valence-corrected chi connectivity index (χ0v) is 20.3. The number of aromatic hydroxyl groups is 1. The highest BCUT2D eigenvalue weighted by Crippen LogP contribution is 2.57. The van der Waals surface area contributed by atoms with Crippen molar-refractivity contribution in [2.24, 2.45) is 17.6 Å². The number of hydrogen-bond acceptors (Lipinski definition) is 11. The van der Waals surface area contributed by atoms with E-state index in [1.165, 1.54) is 19.1 Å². The Balaban J connectivity index is 1.93. The Bertz CT molecular complexity index is 1270. The Morgan fingerprint density at radius 1 is 1.26 bits per heavy atom. The van der Waals surface area contributed by atoms with Gasteiger partial charge in [-0.05, 0) is 55.9 Å². The summed E-state index contributed by atoms with van der Waals surface area (Å²) in [5, 5.41) is 55.5. The first-order valence-electron chi connectivity index (χ1n) is 10.7.